The van der Waals surface area contributed by atoms with Crippen molar-refractivity contribution in [2.24, 2.45) is 0 Å². The Morgan fingerprint density at radius 2 is 2.08 bits per heavy atom. The number of aromatic nitrogens is 3. The number of nitrogens with zero attached hydrogens (tertiary/aromatic N) is 4. The van der Waals surface area contributed by atoms with E-state index in [4.69, 9.17) is 0 Å². The van der Waals surface area contributed by atoms with Crippen molar-refractivity contribution in [3.63, 3.8) is 0 Å². The van der Waals surface area contributed by atoms with Gasteiger partial charge in [0, 0.05) is 36.9 Å². The van der Waals surface area contributed by atoms with E-state index in [-0.39, 0.29) is 11.9 Å². The van der Waals surface area contributed by atoms with Crippen LogP contribution in [0.2, 0.25) is 0 Å². The van der Waals surface area contributed by atoms with Crippen molar-refractivity contribution >= 4 is 16.9 Å². The molecule has 2 bridgehead atoms. The Balaban J connectivity index is 1.71. The predicted molar refractivity (Wildman–Crippen MR) is 93.1 cm³/mol. The number of likely N-dealkylation sites (tertiary alicyclic amines) is 1. The lowest BCUT2D eigenvalue weighted by molar-refractivity contribution is 0.0750. The van der Waals surface area contributed by atoms with Crippen LogP contribution in [0, 0.1) is 6.92 Å². The smallest absolute Gasteiger partial charge is 0.254 e. The van der Waals surface area contributed by atoms with E-state index in [1.165, 1.54) is 12.8 Å². The molecule has 2 aromatic rings. The monoisotopic (exact) mass is 327 g/mol. The molecule has 0 spiro atoms. The van der Waals surface area contributed by atoms with E-state index in [9.17, 15) is 4.79 Å². The highest BCUT2D eigenvalue weighted by molar-refractivity contribution is 6.05. The van der Waals surface area contributed by atoms with Gasteiger partial charge in [0.1, 0.15) is 0 Å². The number of carbonyl (C=O) groups excluding carboxylic acids is 1. The van der Waals surface area contributed by atoms with Crippen LogP contribution in [0.1, 0.15) is 55.2 Å². The zero-order valence-electron chi connectivity index (χ0n) is 14.6. The standard InChI is InChI=1S/C18H25N5O/c1-11(2)23-17-16(9-19-23)15(8-12(3)20-17)18(24)22-7-6-13-4-5-14(10-22)21-13/h8-9,11,13-14,21H,4-7,10H2,1-3H3. The van der Waals surface area contributed by atoms with Crippen LogP contribution >= 0.6 is 0 Å². The van der Waals surface area contributed by atoms with Crippen molar-refractivity contribution in [3.05, 3.63) is 23.5 Å². The number of nitrogens with one attached hydrogen (secondary N) is 1. The van der Waals surface area contributed by atoms with Crippen LogP contribution in [0.3, 0.4) is 0 Å². The summed E-state index contributed by atoms with van der Waals surface area (Å²) in [7, 11) is 0. The molecule has 2 fully saturated rings. The minimum absolute atomic E-state index is 0.114. The molecule has 2 saturated heterocycles. The Hall–Kier alpha value is -1.95. The first-order valence-electron chi connectivity index (χ1n) is 8.93. The molecule has 4 heterocycles. The number of hydrogen-bond donors (Lipinski definition) is 1. The summed E-state index contributed by atoms with van der Waals surface area (Å²) in [4.78, 5) is 19.8. The summed E-state index contributed by atoms with van der Waals surface area (Å²) >= 11 is 0. The predicted octanol–water partition coefficient (Wildman–Crippen LogP) is 2.29. The Bertz CT molecular complexity index is 781. The lowest BCUT2D eigenvalue weighted by atomic mass is 10.1. The van der Waals surface area contributed by atoms with Crippen molar-refractivity contribution in [1.82, 2.24) is 25.0 Å². The molecular weight excluding hydrogens is 302 g/mol. The summed E-state index contributed by atoms with van der Waals surface area (Å²) in [5.74, 6) is 0.114. The molecule has 24 heavy (non-hydrogen) atoms. The van der Waals surface area contributed by atoms with E-state index < -0.39 is 0 Å². The van der Waals surface area contributed by atoms with E-state index in [0.29, 0.717) is 12.1 Å². The molecule has 0 radical (unpaired) electrons. The van der Waals surface area contributed by atoms with Gasteiger partial charge in [-0.15, -0.1) is 0 Å². The number of carbonyl (C=O) groups is 1. The van der Waals surface area contributed by atoms with Gasteiger partial charge in [-0.05, 0) is 46.1 Å². The largest absolute Gasteiger partial charge is 0.337 e. The average molecular weight is 327 g/mol. The summed E-state index contributed by atoms with van der Waals surface area (Å²) in [5.41, 5.74) is 2.41. The third-order valence-electron chi connectivity index (χ3n) is 5.22. The molecule has 6 nitrogen and oxygen atoms in total. The van der Waals surface area contributed by atoms with Crippen LogP contribution in [-0.2, 0) is 0 Å². The number of hydrogen-bond acceptors (Lipinski definition) is 4. The van der Waals surface area contributed by atoms with Gasteiger partial charge in [0.2, 0.25) is 0 Å². The molecule has 0 aliphatic carbocycles. The maximum atomic E-state index is 13.2. The van der Waals surface area contributed by atoms with Crippen molar-refractivity contribution in [2.75, 3.05) is 13.1 Å². The van der Waals surface area contributed by atoms with Gasteiger partial charge in [-0.1, -0.05) is 0 Å². The Morgan fingerprint density at radius 3 is 2.88 bits per heavy atom. The second kappa shape index (κ2) is 5.84. The molecule has 1 N–H and O–H groups in total. The number of amides is 1. The molecule has 2 atom stereocenters. The van der Waals surface area contributed by atoms with Gasteiger partial charge in [-0.2, -0.15) is 5.10 Å². The molecule has 2 unspecified atom stereocenters. The normalized spacial score (nSPS) is 23.9. The molecule has 2 aliphatic rings. The van der Waals surface area contributed by atoms with E-state index in [1.807, 2.05) is 22.6 Å². The van der Waals surface area contributed by atoms with Gasteiger partial charge in [-0.25, -0.2) is 9.67 Å². The summed E-state index contributed by atoms with van der Waals surface area (Å²) < 4.78 is 1.89. The van der Waals surface area contributed by atoms with E-state index in [0.717, 1.165) is 41.8 Å². The van der Waals surface area contributed by atoms with Crippen LogP contribution in [-0.4, -0.2) is 50.7 Å². The average Bonchev–Trinajstić information content (AvgIpc) is 3.09. The van der Waals surface area contributed by atoms with Gasteiger partial charge < -0.3 is 10.2 Å². The van der Waals surface area contributed by atoms with Crippen LogP contribution in [0.5, 0.6) is 0 Å². The lowest BCUT2D eigenvalue weighted by Crippen LogP contribution is -2.39. The first-order valence-corrected chi connectivity index (χ1v) is 8.93. The highest BCUT2D eigenvalue weighted by Crippen LogP contribution is 2.25. The third kappa shape index (κ3) is 2.59. The van der Waals surface area contributed by atoms with E-state index in [1.54, 1.807) is 6.20 Å². The molecular formula is C18H25N5O. The summed E-state index contributed by atoms with van der Waals surface area (Å²) in [6.07, 6.45) is 5.24. The summed E-state index contributed by atoms with van der Waals surface area (Å²) in [6, 6.07) is 3.15. The third-order valence-corrected chi connectivity index (χ3v) is 5.22. The summed E-state index contributed by atoms with van der Waals surface area (Å²) in [6.45, 7) is 7.73. The van der Waals surface area contributed by atoms with Crippen molar-refractivity contribution in [3.8, 4) is 0 Å². The fourth-order valence-electron chi connectivity index (χ4n) is 4.00. The highest BCUT2D eigenvalue weighted by atomic mass is 16.2. The van der Waals surface area contributed by atoms with Gasteiger partial charge in [0.25, 0.3) is 5.91 Å². The second-order valence-corrected chi connectivity index (χ2v) is 7.41. The first kappa shape index (κ1) is 15.6. The van der Waals surface area contributed by atoms with Crippen LogP contribution in [0.4, 0.5) is 0 Å². The quantitative estimate of drug-likeness (QED) is 0.919. The number of aryl methyl sites for hydroxylation is 1. The van der Waals surface area contributed by atoms with E-state index >= 15 is 0 Å². The number of fused-ring (bicyclic) bond motifs is 3. The fourth-order valence-corrected chi connectivity index (χ4v) is 4.00. The van der Waals surface area contributed by atoms with Gasteiger partial charge in [-0.3, -0.25) is 4.79 Å². The van der Waals surface area contributed by atoms with Crippen LogP contribution in [0.25, 0.3) is 11.0 Å². The Kier molecular flexibility index (Phi) is 3.79. The molecule has 6 heteroatoms. The number of pyridine rings is 1. The molecule has 2 aliphatic heterocycles. The summed E-state index contributed by atoms with van der Waals surface area (Å²) in [5, 5.41) is 8.95. The molecule has 0 aromatic carbocycles. The zero-order chi connectivity index (χ0) is 16.8. The van der Waals surface area contributed by atoms with Crippen LogP contribution in [0.15, 0.2) is 12.3 Å². The van der Waals surface area contributed by atoms with Gasteiger partial charge in [0.05, 0.1) is 17.1 Å². The minimum atomic E-state index is 0.114. The Morgan fingerprint density at radius 1 is 1.29 bits per heavy atom. The zero-order valence-corrected chi connectivity index (χ0v) is 14.6. The molecule has 0 saturated carbocycles. The van der Waals surface area contributed by atoms with Crippen LogP contribution < -0.4 is 5.32 Å². The van der Waals surface area contributed by atoms with Gasteiger partial charge in [0.15, 0.2) is 5.65 Å². The van der Waals surface area contributed by atoms with Crippen molar-refractivity contribution < 1.29 is 4.79 Å². The molecule has 2 aromatic heterocycles. The lowest BCUT2D eigenvalue weighted by Gasteiger charge is -2.24. The SMILES string of the molecule is Cc1cc(C(=O)N2CCC3CCC(C2)N3)c2cnn(C(C)C)c2n1. The Labute approximate surface area is 142 Å². The fraction of sp³-hybridized carbons (Fsp3) is 0.611. The first-order chi connectivity index (χ1) is 11.5. The van der Waals surface area contributed by atoms with Gasteiger partial charge >= 0.3 is 0 Å². The number of rotatable bonds is 2. The minimum Gasteiger partial charge on any atom is -0.337 e. The molecule has 128 valence electrons. The van der Waals surface area contributed by atoms with Crippen molar-refractivity contribution in [1.29, 1.82) is 0 Å². The second-order valence-electron chi connectivity index (χ2n) is 7.41. The maximum Gasteiger partial charge on any atom is 0.254 e. The highest BCUT2D eigenvalue weighted by Gasteiger charge is 2.32. The van der Waals surface area contributed by atoms with Crippen molar-refractivity contribution in [2.45, 2.75) is 58.2 Å². The topological polar surface area (TPSA) is 63.1 Å². The van der Waals surface area contributed by atoms with E-state index in [2.05, 4.69) is 29.2 Å². The molecule has 4 rings (SSSR count). The molecule has 1 amide bonds. The maximum absolute atomic E-state index is 13.2.